The minimum Gasteiger partial charge on any atom is -0.507 e. The lowest BCUT2D eigenvalue weighted by Crippen LogP contribution is -2.47. The fourth-order valence-corrected chi connectivity index (χ4v) is 3.24. The summed E-state index contributed by atoms with van der Waals surface area (Å²) in [6.45, 7) is 2.55. The van der Waals surface area contributed by atoms with Crippen molar-refractivity contribution < 1.29 is 14.7 Å². The van der Waals surface area contributed by atoms with E-state index in [9.17, 15) is 14.7 Å². The maximum Gasteiger partial charge on any atom is 0.317 e. The Balaban J connectivity index is 1.64. The zero-order chi connectivity index (χ0) is 15.7. The molecule has 0 aromatic heterocycles. The van der Waals surface area contributed by atoms with Crippen LogP contribution in [0, 0.1) is 0 Å². The van der Waals surface area contributed by atoms with Gasteiger partial charge in [-0.1, -0.05) is 11.6 Å². The van der Waals surface area contributed by atoms with E-state index in [1.165, 1.54) is 12.1 Å². The number of nitrogens with one attached hydrogen (secondary N) is 1. The lowest BCUT2D eigenvalue weighted by atomic mass is 10.0. The Morgan fingerprint density at radius 3 is 2.64 bits per heavy atom. The Hall–Kier alpha value is -1.95. The van der Waals surface area contributed by atoms with Gasteiger partial charge in [-0.05, 0) is 31.0 Å². The predicted molar refractivity (Wildman–Crippen MR) is 82.1 cm³/mol. The van der Waals surface area contributed by atoms with Crippen molar-refractivity contribution in [1.82, 2.24) is 15.1 Å². The standard InChI is InChI=1S/C15H18ClN3O3/c16-10-1-2-13(20)12(9-10)14(21)18-6-3-11(4-7-18)19-8-5-17-15(19)22/h1-2,9,11,20H,3-8H2,(H,17,22). The zero-order valence-corrected chi connectivity index (χ0v) is 12.8. The van der Waals surface area contributed by atoms with Crippen molar-refractivity contribution in [2.45, 2.75) is 18.9 Å². The molecular weight excluding hydrogens is 306 g/mol. The maximum absolute atomic E-state index is 12.5. The van der Waals surface area contributed by atoms with Gasteiger partial charge in [0.1, 0.15) is 5.75 Å². The van der Waals surface area contributed by atoms with Crippen molar-refractivity contribution in [3.05, 3.63) is 28.8 Å². The van der Waals surface area contributed by atoms with Crippen molar-refractivity contribution in [2.75, 3.05) is 26.2 Å². The van der Waals surface area contributed by atoms with E-state index in [-0.39, 0.29) is 29.3 Å². The molecular formula is C15H18ClN3O3. The van der Waals surface area contributed by atoms with Crippen LogP contribution >= 0.6 is 11.6 Å². The number of aromatic hydroxyl groups is 1. The predicted octanol–water partition coefficient (Wildman–Crippen LogP) is 1.68. The van der Waals surface area contributed by atoms with E-state index >= 15 is 0 Å². The number of amides is 3. The maximum atomic E-state index is 12.5. The quantitative estimate of drug-likeness (QED) is 0.869. The van der Waals surface area contributed by atoms with Crippen LogP contribution in [0.25, 0.3) is 0 Å². The average Bonchev–Trinajstić information content (AvgIpc) is 2.95. The first-order valence-electron chi connectivity index (χ1n) is 7.38. The molecule has 7 heteroatoms. The van der Waals surface area contributed by atoms with Crippen molar-refractivity contribution in [1.29, 1.82) is 0 Å². The minimum atomic E-state index is -0.218. The van der Waals surface area contributed by atoms with Crippen molar-refractivity contribution >= 4 is 23.5 Å². The first kappa shape index (κ1) is 15.0. The van der Waals surface area contributed by atoms with Gasteiger partial charge in [-0.2, -0.15) is 0 Å². The second-order valence-electron chi connectivity index (χ2n) is 5.61. The lowest BCUT2D eigenvalue weighted by Gasteiger charge is -2.36. The van der Waals surface area contributed by atoms with Crippen molar-refractivity contribution in [3.63, 3.8) is 0 Å². The number of likely N-dealkylation sites (tertiary alicyclic amines) is 1. The van der Waals surface area contributed by atoms with E-state index in [0.717, 1.165) is 19.4 Å². The number of phenolic OH excluding ortho intramolecular Hbond substituents is 1. The van der Waals surface area contributed by atoms with E-state index in [1.807, 2.05) is 4.90 Å². The molecule has 22 heavy (non-hydrogen) atoms. The number of piperidine rings is 1. The Labute approximate surface area is 133 Å². The average molecular weight is 324 g/mol. The summed E-state index contributed by atoms with van der Waals surface area (Å²) in [5, 5.41) is 13.0. The largest absolute Gasteiger partial charge is 0.507 e. The van der Waals surface area contributed by atoms with E-state index in [4.69, 9.17) is 11.6 Å². The van der Waals surface area contributed by atoms with Gasteiger partial charge in [0, 0.05) is 37.2 Å². The van der Waals surface area contributed by atoms with E-state index in [2.05, 4.69) is 5.32 Å². The molecule has 6 nitrogen and oxygen atoms in total. The molecule has 2 aliphatic rings. The van der Waals surface area contributed by atoms with Gasteiger partial charge in [0.15, 0.2) is 0 Å². The van der Waals surface area contributed by atoms with E-state index in [0.29, 0.717) is 24.7 Å². The van der Waals surface area contributed by atoms with Gasteiger partial charge in [0.25, 0.3) is 5.91 Å². The number of carbonyl (C=O) groups is 2. The molecule has 3 amide bonds. The molecule has 2 N–H and O–H groups in total. The van der Waals surface area contributed by atoms with Gasteiger partial charge in [-0.3, -0.25) is 4.79 Å². The van der Waals surface area contributed by atoms with Gasteiger partial charge in [0.2, 0.25) is 0 Å². The molecule has 1 aromatic rings. The summed E-state index contributed by atoms with van der Waals surface area (Å²) in [7, 11) is 0. The molecule has 0 radical (unpaired) electrons. The minimum absolute atomic E-state index is 0.0164. The molecule has 2 aliphatic heterocycles. The second-order valence-corrected chi connectivity index (χ2v) is 6.05. The third kappa shape index (κ3) is 2.83. The van der Waals surface area contributed by atoms with Crippen LogP contribution in [0.5, 0.6) is 5.75 Å². The van der Waals surface area contributed by atoms with Gasteiger partial charge in [-0.15, -0.1) is 0 Å². The number of nitrogens with zero attached hydrogens (tertiary/aromatic N) is 2. The van der Waals surface area contributed by atoms with Crippen LogP contribution in [0.4, 0.5) is 4.79 Å². The summed E-state index contributed by atoms with van der Waals surface area (Å²) < 4.78 is 0. The third-order valence-electron chi connectivity index (χ3n) is 4.27. The molecule has 2 fully saturated rings. The number of hydrogen-bond acceptors (Lipinski definition) is 3. The van der Waals surface area contributed by atoms with Crippen LogP contribution in [-0.2, 0) is 0 Å². The molecule has 118 valence electrons. The van der Waals surface area contributed by atoms with Gasteiger partial charge in [-0.25, -0.2) is 4.79 Å². The third-order valence-corrected chi connectivity index (χ3v) is 4.51. The molecule has 3 rings (SSSR count). The summed E-state index contributed by atoms with van der Waals surface area (Å²) in [5.41, 5.74) is 0.227. The summed E-state index contributed by atoms with van der Waals surface area (Å²) in [5.74, 6) is -0.278. The highest BCUT2D eigenvalue weighted by atomic mass is 35.5. The number of rotatable bonds is 2. The first-order chi connectivity index (χ1) is 10.6. The van der Waals surface area contributed by atoms with E-state index in [1.54, 1.807) is 11.0 Å². The van der Waals surface area contributed by atoms with Crippen LogP contribution in [0.3, 0.4) is 0 Å². The monoisotopic (exact) mass is 323 g/mol. The molecule has 0 saturated carbocycles. The zero-order valence-electron chi connectivity index (χ0n) is 12.1. The van der Waals surface area contributed by atoms with Gasteiger partial charge < -0.3 is 20.2 Å². The molecule has 2 saturated heterocycles. The number of carbonyl (C=O) groups excluding carboxylic acids is 2. The Kier molecular flexibility index (Phi) is 4.11. The highest BCUT2D eigenvalue weighted by molar-refractivity contribution is 6.31. The summed E-state index contributed by atoms with van der Waals surface area (Å²) in [4.78, 5) is 27.7. The summed E-state index contributed by atoms with van der Waals surface area (Å²) in [6, 6.07) is 4.62. The molecule has 2 heterocycles. The molecule has 0 spiro atoms. The summed E-state index contributed by atoms with van der Waals surface area (Å²) >= 11 is 5.89. The van der Waals surface area contributed by atoms with Crippen LogP contribution in [-0.4, -0.2) is 59.1 Å². The Morgan fingerprint density at radius 1 is 1.27 bits per heavy atom. The molecule has 0 aliphatic carbocycles. The normalized spacial score (nSPS) is 19.4. The van der Waals surface area contributed by atoms with Gasteiger partial charge >= 0.3 is 6.03 Å². The fourth-order valence-electron chi connectivity index (χ4n) is 3.07. The van der Waals surface area contributed by atoms with Crippen molar-refractivity contribution in [3.8, 4) is 5.75 Å². The SMILES string of the molecule is O=C(c1cc(Cl)ccc1O)N1CCC(N2CCNC2=O)CC1. The topological polar surface area (TPSA) is 72.9 Å². The number of urea groups is 1. The van der Waals surface area contributed by atoms with Gasteiger partial charge in [0.05, 0.1) is 5.56 Å². The highest BCUT2D eigenvalue weighted by Gasteiger charge is 2.32. The van der Waals surface area contributed by atoms with E-state index < -0.39 is 0 Å². The fraction of sp³-hybridized carbons (Fsp3) is 0.467. The highest BCUT2D eigenvalue weighted by Crippen LogP contribution is 2.25. The van der Waals surface area contributed by atoms with Crippen LogP contribution in [0.1, 0.15) is 23.2 Å². The number of phenols is 1. The first-order valence-corrected chi connectivity index (χ1v) is 7.76. The second kappa shape index (κ2) is 6.04. The van der Waals surface area contributed by atoms with Crippen LogP contribution in [0.15, 0.2) is 18.2 Å². The molecule has 0 atom stereocenters. The molecule has 1 aromatic carbocycles. The summed E-state index contributed by atoms with van der Waals surface area (Å²) in [6.07, 6.45) is 1.50. The number of halogens is 1. The Bertz CT molecular complexity index is 600. The Morgan fingerprint density at radius 2 is 2.00 bits per heavy atom. The lowest BCUT2D eigenvalue weighted by molar-refractivity contribution is 0.0663. The van der Waals surface area contributed by atoms with Crippen LogP contribution in [0.2, 0.25) is 5.02 Å². The van der Waals surface area contributed by atoms with Crippen LogP contribution < -0.4 is 5.32 Å². The smallest absolute Gasteiger partial charge is 0.317 e. The molecule has 0 unspecified atom stereocenters. The van der Waals surface area contributed by atoms with Crippen molar-refractivity contribution in [2.24, 2.45) is 0 Å². The number of benzene rings is 1. The number of hydrogen-bond donors (Lipinski definition) is 2. The molecule has 0 bridgehead atoms.